The monoisotopic (exact) mass is 201 g/mol. The van der Waals surface area contributed by atoms with E-state index in [4.69, 9.17) is 15.9 Å². The van der Waals surface area contributed by atoms with Gasteiger partial charge >= 0.3 is 0 Å². The maximum Gasteiger partial charge on any atom is 0.194 e. The molecule has 1 rings (SSSR count). The number of aromatic hydroxyl groups is 2. The van der Waals surface area contributed by atoms with E-state index in [-0.39, 0.29) is 5.56 Å². The number of nitrogens with two attached hydrogens (primary N) is 1. The third-order valence-corrected chi connectivity index (χ3v) is 2.03. The minimum absolute atomic E-state index is 0.0136. The van der Waals surface area contributed by atoms with E-state index in [1.54, 1.807) is 0 Å². The molecule has 1 aromatic rings. The van der Waals surface area contributed by atoms with Crippen LogP contribution in [0.5, 0.6) is 11.5 Å². The molecule has 4 nitrogen and oxygen atoms in total. The van der Waals surface area contributed by atoms with Gasteiger partial charge in [-0.3, -0.25) is 0 Å². The van der Waals surface area contributed by atoms with Crippen LogP contribution in [-0.2, 0) is 0 Å². The van der Waals surface area contributed by atoms with Crippen molar-refractivity contribution in [2.45, 2.75) is 13.0 Å². The van der Waals surface area contributed by atoms with Crippen molar-refractivity contribution in [1.29, 1.82) is 0 Å². The fraction of sp³-hybridized carbons (Fsp3) is 0.333. The predicted molar refractivity (Wildman–Crippen MR) is 48.5 cm³/mol. The number of aliphatic hydroxyl groups excluding tert-OH is 1. The van der Waals surface area contributed by atoms with Gasteiger partial charge in [-0.1, -0.05) is 0 Å². The Labute approximate surface area is 80.4 Å². The summed E-state index contributed by atoms with van der Waals surface area (Å²) in [6.45, 7) is 1.07. The zero-order valence-corrected chi connectivity index (χ0v) is 7.66. The van der Waals surface area contributed by atoms with Crippen molar-refractivity contribution in [3.63, 3.8) is 0 Å². The third kappa shape index (κ3) is 1.64. The zero-order chi connectivity index (χ0) is 10.9. The molecule has 0 fully saturated rings. The zero-order valence-electron chi connectivity index (χ0n) is 7.66. The molecule has 0 saturated heterocycles. The standard InChI is InChI=1S/C9H12FNO3/c1-4-2-5(6(11)3-12)7(10)9(14)8(4)13/h2,6,12-14H,3,11H2,1H3. The highest BCUT2D eigenvalue weighted by Crippen LogP contribution is 2.35. The second-order valence-corrected chi connectivity index (χ2v) is 3.08. The van der Waals surface area contributed by atoms with Crippen LogP contribution in [0.15, 0.2) is 6.07 Å². The average molecular weight is 201 g/mol. The molecule has 0 heterocycles. The van der Waals surface area contributed by atoms with Gasteiger partial charge in [0.2, 0.25) is 0 Å². The van der Waals surface area contributed by atoms with Crippen LogP contribution in [0.2, 0.25) is 0 Å². The summed E-state index contributed by atoms with van der Waals surface area (Å²) in [6, 6.07) is 0.394. The van der Waals surface area contributed by atoms with E-state index < -0.39 is 30.0 Å². The highest BCUT2D eigenvalue weighted by atomic mass is 19.1. The fourth-order valence-electron chi connectivity index (χ4n) is 1.16. The highest BCUT2D eigenvalue weighted by molar-refractivity contribution is 5.48. The molecule has 0 aliphatic rings. The van der Waals surface area contributed by atoms with E-state index in [1.807, 2.05) is 0 Å². The van der Waals surface area contributed by atoms with Crippen LogP contribution in [-0.4, -0.2) is 21.9 Å². The Morgan fingerprint density at radius 1 is 1.43 bits per heavy atom. The van der Waals surface area contributed by atoms with Gasteiger partial charge in [0.25, 0.3) is 0 Å². The lowest BCUT2D eigenvalue weighted by Gasteiger charge is -2.13. The first-order chi connectivity index (χ1) is 6.49. The van der Waals surface area contributed by atoms with Crippen molar-refractivity contribution < 1.29 is 19.7 Å². The lowest BCUT2D eigenvalue weighted by atomic mass is 10.0. The number of rotatable bonds is 2. The van der Waals surface area contributed by atoms with Gasteiger partial charge in [-0.2, -0.15) is 0 Å². The Hall–Kier alpha value is -1.33. The number of halogens is 1. The van der Waals surface area contributed by atoms with Crippen molar-refractivity contribution >= 4 is 0 Å². The molecule has 0 aliphatic carbocycles. The van der Waals surface area contributed by atoms with Crippen LogP contribution < -0.4 is 5.73 Å². The molecule has 0 aliphatic heterocycles. The Balaban J connectivity index is 3.33. The Morgan fingerprint density at radius 3 is 2.50 bits per heavy atom. The summed E-state index contributed by atoms with van der Waals surface area (Å²) in [6.07, 6.45) is 0. The Kier molecular flexibility index (Phi) is 2.93. The second-order valence-electron chi connectivity index (χ2n) is 3.08. The molecular weight excluding hydrogens is 189 g/mol. The van der Waals surface area contributed by atoms with E-state index in [2.05, 4.69) is 0 Å². The molecule has 0 amide bonds. The van der Waals surface area contributed by atoms with Gasteiger partial charge in [-0.25, -0.2) is 4.39 Å². The molecule has 0 bridgehead atoms. The topological polar surface area (TPSA) is 86.7 Å². The third-order valence-electron chi connectivity index (χ3n) is 2.03. The summed E-state index contributed by atoms with van der Waals surface area (Å²) in [4.78, 5) is 0. The Bertz CT molecular complexity index is 354. The molecule has 1 atom stereocenters. The van der Waals surface area contributed by atoms with Crippen molar-refractivity contribution in [1.82, 2.24) is 0 Å². The highest BCUT2D eigenvalue weighted by Gasteiger charge is 2.18. The number of benzene rings is 1. The van der Waals surface area contributed by atoms with Crippen molar-refractivity contribution in [3.8, 4) is 11.5 Å². The maximum atomic E-state index is 13.3. The number of phenols is 2. The second kappa shape index (κ2) is 3.81. The molecule has 1 unspecified atom stereocenters. The van der Waals surface area contributed by atoms with Crippen LogP contribution in [0.3, 0.4) is 0 Å². The summed E-state index contributed by atoms with van der Waals surface area (Å²) in [7, 11) is 0. The van der Waals surface area contributed by atoms with Crippen LogP contribution in [0.4, 0.5) is 4.39 Å². The minimum Gasteiger partial charge on any atom is -0.504 e. The SMILES string of the molecule is Cc1cc(C(N)CO)c(F)c(O)c1O. The molecule has 0 aromatic heterocycles. The first-order valence-corrected chi connectivity index (χ1v) is 4.06. The number of phenolic OH excluding ortho intramolecular Hbond substituents is 2. The molecule has 0 spiro atoms. The predicted octanol–water partition coefficient (Wildman–Crippen LogP) is 0.537. The first kappa shape index (κ1) is 10.7. The number of hydrogen-bond acceptors (Lipinski definition) is 4. The number of aryl methyl sites for hydroxylation is 1. The Morgan fingerprint density at radius 2 is 2.00 bits per heavy atom. The van der Waals surface area contributed by atoms with Gasteiger partial charge < -0.3 is 21.1 Å². The first-order valence-electron chi connectivity index (χ1n) is 4.06. The molecule has 0 saturated carbocycles. The fourth-order valence-corrected chi connectivity index (χ4v) is 1.16. The van der Waals surface area contributed by atoms with E-state index >= 15 is 0 Å². The van der Waals surface area contributed by atoms with Crippen molar-refractivity contribution in [2.75, 3.05) is 6.61 Å². The van der Waals surface area contributed by atoms with Crippen molar-refractivity contribution in [2.24, 2.45) is 5.73 Å². The van der Waals surface area contributed by atoms with Gasteiger partial charge in [-0.05, 0) is 18.6 Å². The molecule has 78 valence electrons. The van der Waals surface area contributed by atoms with E-state index in [1.165, 1.54) is 13.0 Å². The molecular formula is C9H12FNO3. The van der Waals surface area contributed by atoms with Gasteiger partial charge in [0.1, 0.15) is 0 Å². The smallest absolute Gasteiger partial charge is 0.194 e. The normalized spacial score (nSPS) is 12.9. The molecule has 5 heteroatoms. The van der Waals surface area contributed by atoms with Crippen molar-refractivity contribution in [3.05, 3.63) is 23.0 Å². The van der Waals surface area contributed by atoms with Gasteiger partial charge in [-0.15, -0.1) is 0 Å². The van der Waals surface area contributed by atoms with E-state index in [0.29, 0.717) is 5.56 Å². The summed E-state index contributed by atoms with van der Waals surface area (Å²) < 4.78 is 13.3. The lowest BCUT2D eigenvalue weighted by Crippen LogP contribution is -2.16. The van der Waals surface area contributed by atoms with Gasteiger partial charge in [0.05, 0.1) is 12.6 Å². The van der Waals surface area contributed by atoms with Gasteiger partial charge in [0.15, 0.2) is 17.3 Å². The van der Waals surface area contributed by atoms with Gasteiger partial charge in [0, 0.05) is 5.56 Å². The summed E-state index contributed by atoms with van der Waals surface area (Å²) in [5, 5.41) is 27.1. The van der Waals surface area contributed by atoms with E-state index in [0.717, 1.165) is 0 Å². The molecule has 1 aromatic carbocycles. The minimum atomic E-state index is -0.991. The van der Waals surface area contributed by atoms with E-state index in [9.17, 15) is 9.50 Å². The van der Waals surface area contributed by atoms with Crippen LogP contribution in [0.25, 0.3) is 0 Å². The largest absolute Gasteiger partial charge is 0.504 e. The summed E-state index contributed by atoms with van der Waals surface area (Å²) in [5.74, 6) is -2.32. The molecule has 0 radical (unpaired) electrons. The lowest BCUT2D eigenvalue weighted by molar-refractivity contribution is 0.263. The number of hydrogen-bond donors (Lipinski definition) is 4. The average Bonchev–Trinajstić information content (AvgIpc) is 2.19. The summed E-state index contributed by atoms with van der Waals surface area (Å²) >= 11 is 0. The molecule has 14 heavy (non-hydrogen) atoms. The van der Waals surface area contributed by atoms with Crippen LogP contribution in [0.1, 0.15) is 17.2 Å². The van der Waals surface area contributed by atoms with Crippen LogP contribution >= 0.6 is 0 Å². The van der Waals surface area contributed by atoms with Crippen LogP contribution in [0, 0.1) is 12.7 Å². The quantitative estimate of drug-likeness (QED) is 0.526. The summed E-state index contributed by atoms with van der Waals surface area (Å²) in [5.41, 5.74) is 5.69. The molecule has 5 N–H and O–H groups in total. The maximum absolute atomic E-state index is 13.3. The number of aliphatic hydroxyl groups is 1.